The molecule has 20 heavy (non-hydrogen) atoms. The highest BCUT2D eigenvalue weighted by molar-refractivity contribution is 5.92. The molecule has 0 aliphatic heterocycles. The van der Waals surface area contributed by atoms with E-state index in [0.29, 0.717) is 0 Å². The van der Waals surface area contributed by atoms with Crippen LogP contribution in [0, 0.1) is 0 Å². The van der Waals surface area contributed by atoms with Gasteiger partial charge in [-0.05, 0) is 0 Å². The summed E-state index contributed by atoms with van der Waals surface area (Å²) in [5.41, 5.74) is 0. The molecule has 0 aliphatic rings. The minimum Gasteiger partial charge on any atom is -0.438 e. The minimum atomic E-state index is -1.04. The Morgan fingerprint density at radius 3 is 1.25 bits per heavy atom. The molecule has 0 saturated heterocycles. The van der Waals surface area contributed by atoms with E-state index in [4.69, 9.17) is 10.2 Å². The summed E-state index contributed by atoms with van der Waals surface area (Å²) in [4.78, 5) is 43.2. The Hall–Kier alpha value is -2.20. The predicted molar refractivity (Wildman–Crippen MR) is 59.4 cm³/mol. The van der Waals surface area contributed by atoms with Crippen LogP contribution in [0.25, 0.3) is 0 Å². The number of rotatable bonds is 8. The van der Waals surface area contributed by atoms with Gasteiger partial charge in [0.1, 0.15) is 12.8 Å². The number of esters is 4. The lowest BCUT2D eigenvalue weighted by molar-refractivity contribution is -0.172. The molecule has 0 unspecified atom stereocenters. The van der Waals surface area contributed by atoms with Crippen molar-refractivity contribution in [1.29, 1.82) is 0 Å². The average molecular weight is 296 g/mol. The number of ether oxygens (including phenoxy) is 4. The van der Waals surface area contributed by atoms with E-state index in [9.17, 15) is 19.2 Å². The van der Waals surface area contributed by atoms with Crippen molar-refractivity contribution in [2.75, 3.05) is 20.4 Å². The van der Waals surface area contributed by atoms with Crippen LogP contribution in [0.5, 0.6) is 0 Å². The minimum absolute atomic E-state index is 0. The Balaban J connectivity index is 0. The third kappa shape index (κ3) is 10.9. The fourth-order valence-corrected chi connectivity index (χ4v) is 0.745. The van der Waals surface area contributed by atoms with Gasteiger partial charge < -0.3 is 29.2 Å². The Kier molecular flexibility index (Phi) is 11.9. The van der Waals surface area contributed by atoms with Crippen molar-refractivity contribution >= 4 is 23.9 Å². The molecule has 0 radical (unpaired) electrons. The van der Waals surface area contributed by atoms with Crippen LogP contribution in [-0.4, -0.2) is 54.5 Å². The molecule has 10 nitrogen and oxygen atoms in total. The first-order valence-corrected chi connectivity index (χ1v) is 4.83. The van der Waals surface area contributed by atoms with E-state index in [1.807, 2.05) is 0 Å². The van der Waals surface area contributed by atoms with Crippen molar-refractivity contribution in [2.45, 2.75) is 20.3 Å². The highest BCUT2D eigenvalue weighted by atomic mass is 16.7. The molecule has 0 rings (SSSR count). The van der Waals surface area contributed by atoms with Gasteiger partial charge in [-0.3, -0.25) is 19.2 Å². The van der Waals surface area contributed by atoms with Gasteiger partial charge in [0.2, 0.25) is 6.79 Å². The highest BCUT2D eigenvalue weighted by Crippen LogP contribution is 1.94. The maximum atomic E-state index is 10.9. The first kappa shape index (κ1) is 20.1. The number of carbonyl (C=O) groups excluding carboxylic acids is 4. The van der Waals surface area contributed by atoms with Crippen molar-refractivity contribution in [3.8, 4) is 0 Å². The monoisotopic (exact) mass is 296 g/mol. The summed E-state index contributed by atoms with van der Waals surface area (Å²) in [6.45, 7) is -2.53. The number of aliphatic hydroxyl groups excluding tert-OH is 2. The molecular formula is C10H16O10. The maximum absolute atomic E-state index is 10.9. The Morgan fingerprint density at radius 1 is 0.650 bits per heavy atom. The van der Waals surface area contributed by atoms with Crippen molar-refractivity contribution in [3.63, 3.8) is 0 Å². The quantitative estimate of drug-likeness (QED) is 0.233. The number of carbonyl (C=O) groups is 4. The lowest BCUT2D eigenvalue weighted by atomic mass is 10.4. The number of aliphatic hydroxyl groups is 2. The van der Waals surface area contributed by atoms with Gasteiger partial charge in [-0.1, -0.05) is 7.43 Å². The zero-order valence-electron chi connectivity index (χ0n) is 9.70. The third-order valence-electron chi connectivity index (χ3n) is 1.47. The zero-order chi connectivity index (χ0) is 14.7. The molecule has 0 bridgehead atoms. The lowest BCUT2D eigenvalue weighted by Gasteiger charge is -2.05. The molecule has 2 N–H and O–H groups in total. The first-order valence-electron chi connectivity index (χ1n) is 4.83. The molecule has 0 saturated carbocycles. The molecule has 0 aliphatic carbocycles. The van der Waals surface area contributed by atoms with E-state index in [1.165, 1.54) is 0 Å². The summed E-state index contributed by atoms with van der Waals surface area (Å²) in [6.07, 6.45) is -1.52. The summed E-state index contributed by atoms with van der Waals surface area (Å²) >= 11 is 0. The average Bonchev–Trinajstić information content (AvgIpc) is 2.28. The van der Waals surface area contributed by atoms with E-state index < -0.39 is 57.1 Å². The molecule has 0 aromatic rings. The van der Waals surface area contributed by atoms with Crippen LogP contribution in [0.4, 0.5) is 0 Å². The van der Waals surface area contributed by atoms with Crippen molar-refractivity contribution in [2.24, 2.45) is 0 Å². The van der Waals surface area contributed by atoms with Gasteiger partial charge in [-0.2, -0.15) is 0 Å². The summed E-state index contributed by atoms with van der Waals surface area (Å²) in [5.74, 6) is -4.09. The maximum Gasteiger partial charge on any atom is 0.320 e. The molecule has 116 valence electrons. The highest BCUT2D eigenvalue weighted by Gasteiger charge is 2.14. The zero-order valence-corrected chi connectivity index (χ0v) is 9.70. The Morgan fingerprint density at radius 2 is 0.950 bits per heavy atom. The van der Waals surface area contributed by atoms with Crippen molar-refractivity contribution < 1.29 is 48.3 Å². The van der Waals surface area contributed by atoms with Crippen molar-refractivity contribution in [3.05, 3.63) is 0 Å². The number of hydrogen-bond acceptors (Lipinski definition) is 10. The SMILES string of the molecule is C.O=C(CC(=O)OCOC(=O)CC(=O)OCO)OCO. The molecule has 0 heterocycles. The van der Waals surface area contributed by atoms with Gasteiger partial charge in [-0.25, -0.2) is 0 Å². The van der Waals surface area contributed by atoms with Crippen LogP contribution in [0.15, 0.2) is 0 Å². The summed E-state index contributed by atoms with van der Waals surface area (Å²) in [7, 11) is 0. The molecule has 0 aromatic carbocycles. The van der Waals surface area contributed by atoms with Crippen LogP contribution in [0.1, 0.15) is 20.3 Å². The molecule has 0 aromatic heterocycles. The van der Waals surface area contributed by atoms with Crippen LogP contribution in [0.3, 0.4) is 0 Å². The topological polar surface area (TPSA) is 146 Å². The van der Waals surface area contributed by atoms with Crippen LogP contribution in [0.2, 0.25) is 0 Å². The second kappa shape index (κ2) is 11.9. The van der Waals surface area contributed by atoms with E-state index >= 15 is 0 Å². The summed E-state index contributed by atoms with van der Waals surface area (Å²) in [5, 5.41) is 16.4. The first-order chi connectivity index (χ1) is 8.99. The van der Waals surface area contributed by atoms with Crippen LogP contribution >= 0.6 is 0 Å². The second-order valence-corrected chi connectivity index (χ2v) is 2.79. The molecule has 0 atom stereocenters. The lowest BCUT2D eigenvalue weighted by Crippen LogP contribution is -2.19. The van der Waals surface area contributed by atoms with E-state index in [1.54, 1.807) is 0 Å². The van der Waals surface area contributed by atoms with E-state index in [0.717, 1.165) is 0 Å². The van der Waals surface area contributed by atoms with Gasteiger partial charge in [0.25, 0.3) is 0 Å². The molecule has 0 amide bonds. The third-order valence-corrected chi connectivity index (χ3v) is 1.47. The van der Waals surface area contributed by atoms with E-state index in [-0.39, 0.29) is 7.43 Å². The van der Waals surface area contributed by atoms with Crippen molar-refractivity contribution in [1.82, 2.24) is 0 Å². The smallest absolute Gasteiger partial charge is 0.320 e. The molecule has 10 heteroatoms. The van der Waals surface area contributed by atoms with E-state index in [2.05, 4.69) is 18.9 Å². The standard InChI is InChI=1S/C9H12O10.CH4/c10-3-16-6(12)1-8(14)18-5-19-9(15)2-7(13)17-4-11;/h10-11H,1-5H2;1H4. The molecular weight excluding hydrogens is 280 g/mol. The van der Waals surface area contributed by atoms with Gasteiger partial charge in [0, 0.05) is 0 Å². The predicted octanol–water partition coefficient (Wildman–Crippen LogP) is -1.57. The largest absolute Gasteiger partial charge is 0.438 e. The van der Waals surface area contributed by atoms with Gasteiger partial charge >= 0.3 is 23.9 Å². The van der Waals surface area contributed by atoms with Gasteiger partial charge in [0.15, 0.2) is 13.6 Å². The summed E-state index contributed by atoms with van der Waals surface area (Å²) in [6, 6.07) is 0. The Labute approximate surface area is 114 Å². The summed E-state index contributed by atoms with van der Waals surface area (Å²) < 4.78 is 16.7. The number of hydrogen-bond donors (Lipinski definition) is 2. The second-order valence-electron chi connectivity index (χ2n) is 2.79. The molecule has 0 fully saturated rings. The van der Waals surface area contributed by atoms with Gasteiger partial charge in [0.05, 0.1) is 0 Å². The molecule has 0 spiro atoms. The van der Waals surface area contributed by atoms with Crippen LogP contribution in [-0.2, 0) is 38.1 Å². The Bertz CT molecular complexity index is 305. The normalized spacial score (nSPS) is 8.90. The van der Waals surface area contributed by atoms with Crippen LogP contribution < -0.4 is 0 Å². The van der Waals surface area contributed by atoms with Gasteiger partial charge in [-0.15, -0.1) is 0 Å². The fraction of sp³-hybridized carbons (Fsp3) is 0.600. The fourth-order valence-electron chi connectivity index (χ4n) is 0.745.